The quantitative estimate of drug-likeness (QED) is 0.454. The van der Waals surface area contributed by atoms with Crippen molar-refractivity contribution in [3.8, 4) is 0 Å². The van der Waals surface area contributed by atoms with Crippen LogP contribution in [0.1, 0.15) is 12.5 Å². The second-order valence-corrected chi connectivity index (χ2v) is 7.65. The third-order valence-electron chi connectivity index (χ3n) is 3.86. The Morgan fingerprint density at radius 3 is 1.97 bits per heavy atom. The highest BCUT2D eigenvalue weighted by atomic mass is 32.2. The van der Waals surface area contributed by atoms with E-state index in [1.54, 1.807) is 30.3 Å². The lowest BCUT2D eigenvalue weighted by Crippen LogP contribution is -2.49. The van der Waals surface area contributed by atoms with E-state index in [9.17, 15) is 32.8 Å². The van der Waals surface area contributed by atoms with E-state index in [-0.39, 0.29) is 23.7 Å². The molecule has 34 heavy (non-hydrogen) atoms. The number of halogens is 2. The van der Waals surface area contributed by atoms with E-state index in [1.165, 1.54) is 6.92 Å². The van der Waals surface area contributed by atoms with Crippen LogP contribution >= 0.6 is 11.8 Å². The Kier molecular flexibility index (Phi) is 11.2. The summed E-state index contributed by atoms with van der Waals surface area (Å²) in [4.78, 5) is 56.2. The SMILES string of the molecule is C[C@H](NC(=O)Cc1cc(F)cc(F)c1)C(=O)N(CC(=O)O)c1ccccc1.NC(=O)SC(N)=O. The Bertz CT molecular complexity index is 1020. The standard InChI is InChI=1S/C19H18F2N2O4.C2H4N2O2S/c1-12(22-17(24)9-13-7-14(20)10-15(21)8-13)19(27)23(11-18(25)26)16-5-3-2-4-6-16;3-1(5)7-2(4)6/h2-8,10,12H,9,11H2,1H3,(H,22,24)(H,25,26);(H2,3,5)(H2,4,6)/t12-;/m0./s1. The topological polar surface area (TPSA) is 173 Å². The first-order valence-electron chi connectivity index (χ1n) is 9.48. The van der Waals surface area contributed by atoms with Gasteiger partial charge in [0, 0.05) is 23.5 Å². The van der Waals surface area contributed by atoms with Crippen molar-refractivity contribution in [2.24, 2.45) is 11.5 Å². The molecule has 0 saturated carbocycles. The molecule has 10 nitrogen and oxygen atoms in total. The number of carbonyl (C=O) groups excluding carboxylic acids is 4. The van der Waals surface area contributed by atoms with Crippen molar-refractivity contribution in [2.45, 2.75) is 19.4 Å². The van der Waals surface area contributed by atoms with Gasteiger partial charge in [-0.25, -0.2) is 8.78 Å². The fraction of sp³-hybridized carbons (Fsp3) is 0.190. The van der Waals surface area contributed by atoms with Crippen molar-refractivity contribution in [2.75, 3.05) is 11.4 Å². The van der Waals surface area contributed by atoms with Gasteiger partial charge in [0.2, 0.25) is 11.8 Å². The zero-order valence-electron chi connectivity index (χ0n) is 17.9. The predicted octanol–water partition coefficient (Wildman–Crippen LogP) is 2.01. The van der Waals surface area contributed by atoms with Crippen molar-refractivity contribution < 1.29 is 37.9 Å². The Labute approximate surface area is 197 Å². The molecule has 0 spiro atoms. The van der Waals surface area contributed by atoms with Crippen LogP contribution < -0.4 is 21.7 Å². The van der Waals surface area contributed by atoms with Crippen LogP contribution in [-0.4, -0.2) is 46.0 Å². The molecule has 0 bridgehead atoms. The summed E-state index contributed by atoms with van der Waals surface area (Å²) in [7, 11) is 0. The first-order chi connectivity index (χ1) is 15.9. The number of primary amides is 2. The molecule has 6 N–H and O–H groups in total. The number of anilines is 1. The zero-order valence-corrected chi connectivity index (χ0v) is 18.7. The van der Waals surface area contributed by atoms with Crippen molar-refractivity contribution in [1.82, 2.24) is 5.32 Å². The normalized spacial score (nSPS) is 10.8. The first-order valence-corrected chi connectivity index (χ1v) is 10.3. The lowest BCUT2D eigenvalue weighted by molar-refractivity contribution is -0.136. The van der Waals surface area contributed by atoms with Crippen molar-refractivity contribution >= 4 is 45.7 Å². The average Bonchev–Trinajstić information content (AvgIpc) is 2.70. The fourth-order valence-electron chi connectivity index (χ4n) is 2.63. The number of carbonyl (C=O) groups is 5. The number of thioether (sulfide) groups is 1. The number of amides is 4. The molecule has 0 fully saturated rings. The molecule has 4 amide bonds. The number of hydrogen-bond donors (Lipinski definition) is 4. The minimum atomic E-state index is -1.21. The van der Waals surface area contributed by atoms with E-state index in [0.717, 1.165) is 17.0 Å². The van der Waals surface area contributed by atoms with Gasteiger partial charge in [0.15, 0.2) is 0 Å². The molecule has 0 heterocycles. The molecule has 182 valence electrons. The smallest absolute Gasteiger partial charge is 0.323 e. The van der Waals surface area contributed by atoms with Gasteiger partial charge in [0.1, 0.15) is 24.2 Å². The summed E-state index contributed by atoms with van der Waals surface area (Å²) in [5.74, 6) is -4.07. The number of carboxylic acid groups (broad SMARTS) is 1. The number of para-hydroxylation sites is 1. The summed E-state index contributed by atoms with van der Waals surface area (Å²) in [6, 6.07) is 9.88. The van der Waals surface area contributed by atoms with Gasteiger partial charge >= 0.3 is 5.97 Å². The van der Waals surface area contributed by atoms with Crippen LogP contribution in [0.3, 0.4) is 0 Å². The summed E-state index contributed by atoms with van der Waals surface area (Å²) in [6.07, 6.45) is -0.323. The predicted molar refractivity (Wildman–Crippen MR) is 121 cm³/mol. The Balaban J connectivity index is 0.000000718. The molecule has 2 rings (SSSR count). The average molecular weight is 496 g/mol. The highest BCUT2D eigenvalue weighted by molar-refractivity contribution is 8.25. The van der Waals surface area contributed by atoms with Gasteiger partial charge in [-0.2, -0.15) is 0 Å². The fourth-order valence-corrected chi connectivity index (χ4v) is 2.82. The number of hydrogen-bond acceptors (Lipinski definition) is 6. The largest absolute Gasteiger partial charge is 0.480 e. The van der Waals surface area contributed by atoms with Crippen molar-refractivity contribution in [3.63, 3.8) is 0 Å². The van der Waals surface area contributed by atoms with Crippen LogP contribution in [0.2, 0.25) is 0 Å². The number of nitrogens with two attached hydrogens (primary N) is 2. The van der Waals surface area contributed by atoms with Crippen LogP contribution in [-0.2, 0) is 20.8 Å². The van der Waals surface area contributed by atoms with E-state index in [0.29, 0.717) is 11.8 Å². The molecule has 2 aromatic carbocycles. The van der Waals surface area contributed by atoms with E-state index < -0.39 is 52.5 Å². The third-order valence-corrected chi connectivity index (χ3v) is 4.27. The molecular formula is C21H22F2N4O6S. The number of aliphatic carboxylic acids is 1. The highest BCUT2D eigenvalue weighted by Crippen LogP contribution is 2.15. The minimum absolute atomic E-state index is 0.120. The number of carboxylic acids is 1. The Morgan fingerprint density at radius 1 is 1.00 bits per heavy atom. The van der Waals surface area contributed by atoms with Crippen LogP contribution in [0, 0.1) is 11.6 Å². The lowest BCUT2D eigenvalue weighted by atomic mass is 10.1. The van der Waals surface area contributed by atoms with Gasteiger partial charge in [-0.1, -0.05) is 18.2 Å². The van der Waals surface area contributed by atoms with E-state index in [4.69, 9.17) is 5.11 Å². The molecule has 0 radical (unpaired) electrons. The number of nitrogens with one attached hydrogen (secondary N) is 1. The molecule has 13 heteroatoms. The van der Waals surface area contributed by atoms with Gasteiger partial charge in [-0.15, -0.1) is 0 Å². The molecule has 0 aliphatic rings. The third kappa shape index (κ3) is 10.5. The number of rotatable bonds is 7. The maximum atomic E-state index is 13.2. The van der Waals surface area contributed by atoms with Crippen LogP contribution in [0.25, 0.3) is 0 Å². The van der Waals surface area contributed by atoms with Crippen LogP contribution in [0.4, 0.5) is 24.1 Å². The minimum Gasteiger partial charge on any atom is -0.480 e. The van der Waals surface area contributed by atoms with Crippen LogP contribution in [0.5, 0.6) is 0 Å². The Morgan fingerprint density at radius 2 is 1.53 bits per heavy atom. The van der Waals surface area contributed by atoms with E-state index in [1.807, 2.05) is 0 Å². The zero-order chi connectivity index (χ0) is 25.8. The summed E-state index contributed by atoms with van der Waals surface area (Å²) in [5.41, 5.74) is 9.53. The molecule has 0 aliphatic heterocycles. The Hall–Kier alpha value is -4.00. The molecule has 0 saturated heterocycles. The van der Waals surface area contributed by atoms with Gasteiger partial charge in [-0.05, 0) is 36.8 Å². The molecule has 1 atom stereocenters. The highest BCUT2D eigenvalue weighted by Gasteiger charge is 2.25. The maximum absolute atomic E-state index is 13.2. The van der Waals surface area contributed by atoms with Crippen LogP contribution in [0.15, 0.2) is 48.5 Å². The van der Waals surface area contributed by atoms with E-state index >= 15 is 0 Å². The second-order valence-electron chi connectivity index (χ2n) is 6.64. The lowest BCUT2D eigenvalue weighted by Gasteiger charge is -2.25. The second kappa shape index (κ2) is 13.5. The summed E-state index contributed by atoms with van der Waals surface area (Å²) in [6.45, 7) is 0.836. The van der Waals surface area contributed by atoms with E-state index in [2.05, 4.69) is 16.8 Å². The van der Waals surface area contributed by atoms with Gasteiger partial charge < -0.3 is 21.9 Å². The molecule has 2 aromatic rings. The number of benzene rings is 2. The summed E-state index contributed by atoms with van der Waals surface area (Å²) in [5, 5.41) is 9.93. The summed E-state index contributed by atoms with van der Waals surface area (Å²) >= 11 is 0.287. The first kappa shape index (κ1) is 28.0. The summed E-state index contributed by atoms with van der Waals surface area (Å²) < 4.78 is 26.4. The monoisotopic (exact) mass is 496 g/mol. The molecule has 0 aromatic heterocycles. The van der Waals surface area contributed by atoms with Gasteiger partial charge in [0.05, 0.1) is 6.42 Å². The number of nitrogens with zero attached hydrogens (tertiary/aromatic N) is 1. The molecule has 0 unspecified atom stereocenters. The van der Waals surface area contributed by atoms with Gasteiger partial charge in [-0.3, -0.25) is 28.9 Å². The van der Waals surface area contributed by atoms with Crippen molar-refractivity contribution in [3.05, 3.63) is 65.7 Å². The van der Waals surface area contributed by atoms with Crippen molar-refractivity contribution in [1.29, 1.82) is 0 Å². The molecular weight excluding hydrogens is 474 g/mol. The van der Waals surface area contributed by atoms with Gasteiger partial charge in [0.25, 0.3) is 10.5 Å². The molecule has 0 aliphatic carbocycles. The maximum Gasteiger partial charge on any atom is 0.323 e.